The number of hydrogen-bond donors (Lipinski definition) is 1. The Bertz CT molecular complexity index is 694. The highest BCUT2D eigenvalue weighted by Gasteiger charge is 2.40. The summed E-state index contributed by atoms with van der Waals surface area (Å²) in [5.74, 6) is -0.786. The van der Waals surface area contributed by atoms with Crippen molar-refractivity contribution in [2.75, 3.05) is 11.6 Å². The van der Waals surface area contributed by atoms with E-state index in [4.69, 9.17) is 10.4 Å². The molecule has 106 valence electrons. The molecule has 20 heavy (non-hydrogen) atoms. The number of nitriles is 1. The van der Waals surface area contributed by atoms with E-state index in [1.807, 2.05) is 6.07 Å². The maximum absolute atomic E-state index is 12.5. The van der Waals surface area contributed by atoms with Gasteiger partial charge in [0.05, 0.1) is 22.4 Å². The summed E-state index contributed by atoms with van der Waals surface area (Å²) < 4.78 is 25.9. The van der Waals surface area contributed by atoms with Crippen LogP contribution in [0, 0.1) is 18.3 Å². The van der Waals surface area contributed by atoms with Crippen LogP contribution in [0.2, 0.25) is 0 Å². The molecule has 1 aliphatic rings. The molecule has 1 heterocycles. The van der Waals surface area contributed by atoms with Gasteiger partial charge in [0, 0.05) is 5.75 Å². The minimum absolute atomic E-state index is 0.0164. The van der Waals surface area contributed by atoms with Crippen LogP contribution in [-0.2, 0) is 14.8 Å². The fourth-order valence-corrected chi connectivity index (χ4v) is 5.14. The zero-order valence-corrected chi connectivity index (χ0v) is 12.2. The molecule has 0 saturated carbocycles. The average molecular weight is 312 g/mol. The SMILES string of the molecule is Cc1cc(S(=O)(=O)N2CSC[C@H]2C(=O)O)ccc1C#N. The van der Waals surface area contributed by atoms with Crippen LogP contribution < -0.4 is 0 Å². The van der Waals surface area contributed by atoms with Crippen molar-refractivity contribution in [3.63, 3.8) is 0 Å². The van der Waals surface area contributed by atoms with E-state index in [9.17, 15) is 13.2 Å². The van der Waals surface area contributed by atoms with Crippen molar-refractivity contribution < 1.29 is 18.3 Å². The van der Waals surface area contributed by atoms with Gasteiger partial charge in [-0.3, -0.25) is 4.79 Å². The van der Waals surface area contributed by atoms with Gasteiger partial charge in [-0.15, -0.1) is 11.8 Å². The standard InChI is InChI=1S/C12H12N2O4S2/c1-8-4-10(3-2-9(8)5-13)20(17,18)14-7-19-6-11(14)12(15)16/h2-4,11H,6-7H2,1H3,(H,15,16)/t11-/m0/s1. The van der Waals surface area contributed by atoms with E-state index in [2.05, 4.69) is 0 Å². The number of nitrogens with zero attached hydrogens (tertiary/aromatic N) is 2. The van der Waals surface area contributed by atoms with Crippen molar-refractivity contribution in [3.05, 3.63) is 29.3 Å². The molecule has 1 N–H and O–H groups in total. The molecule has 1 fully saturated rings. The smallest absolute Gasteiger partial charge is 0.322 e. The third-order valence-electron chi connectivity index (χ3n) is 3.05. The first-order valence-electron chi connectivity index (χ1n) is 5.71. The van der Waals surface area contributed by atoms with Crippen LogP contribution >= 0.6 is 11.8 Å². The lowest BCUT2D eigenvalue weighted by atomic mass is 10.1. The molecule has 0 aromatic heterocycles. The van der Waals surface area contributed by atoms with Crippen LogP contribution in [-0.4, -0.2) is 41.5 Å². The Kier molecular flexibility index (Phi) is 4.04. The van der Waals surface area contributed by atoms with E-state index in [-0.39, 0.29) is 16.5 Å². The summed E-state index contributed by atoms with van der Waals surface area (Å²) in [6.45, 7) is 1.64. The molecule has 0 unspecified atom stereocenters. The van der Waals surface area contributed by atoms with Gasteiger partial charge < -0.3 is 5.11 Å². The largest absolute Gasteiger partial charge is 0.480 e. The van der Waals surface area contributed by atoms with E-state index in [0.29, 0.717) is 11.1 Å². The topological polar surface area (TPSA) is 98.5 Å². The number of aliphatic carboxylic acids is 1. The van der Waals surface area contributed by atoms with Gasteiger partial charge >= 0.3 is 5.97 Å². The number of carboxylic acids is 1. The lowest BCUT2D eigenvalue weighted by molar-refractivity contribution is -0.140. The van der Waals surface area contributed by atoms with Gasteiger partial charge in [0.15, 0.2) is 0 Å². The molecule has 1 aromatic rings. The number of sulfonamides is 1. The Balaban J connectivity index is 2.43. The van der Waals surface area contributed by atoms with Gasteiger partial charge in [0.25, 0.3) is 0 Å². The molecule has 0 aliphatic carbocycles. The number of rotatable bonds is 3. The van der Waals surface area contributed by atoms with Gasteiger partial charge in [-0.1, -0.05) is 0 Å². The third kappa shape index (κ3) is 2.52. The third-order valence-corrected chi connectivity index (χ3v) is 6.08. The van der Waals surface area contributed by atoms with Crippen molar-refractivity contribution in [1.29, 1.82) is 5.26 Å². The van der Waals surface area contributed by atoms with E-state index in [1.54, 1.807) is 6.92 Å². The number of thioether (sulfide) groups is 1. The Hall–Kier alpha value is -1.56. The minimum Gasteiger partial charge on any atom is -0.480 e. The van der Waals surface area contributed by atoms with E-state index < -0.39 is 22.0 Å². The lowest BCUT2D eigenvalue weighted by Gasteiger charge is -2.20. The van der Waals surface area contributed by atoms with Crippen molar-refractivity contribution >= 4 is 27.8 Å². The number of carbonyl (C=O) groups is 1. The maximum atomic E-state index is 12.5. The molecule has 2 rings (SSSR count). The molecular formula is C12H12N2O4S2. The Labute approximate surface area is 121 Å². The Morgan fingerprint density at radius 3 is 2.80 bits per heavy atom. The predicted molar refractivity (Wildman–Crippen MR) is 73.7 cm³/mol. The fourth-order valence-electron chi connectivity index (χ4n) is 1.92. The first kappa shape index (κ1) is 14.8. The molecule has 1 aromatic carbocycles. The first-order valence-corrected chi connectivity index (χ1v) is 8.30. The quantitative estimate of drug-likeness (QED) is 0.894. The second-order valence-electron chi connectivity index (χ2n) is 4.33. The van der Waals surface area contributed by atoms with Crippen LogP contribution in [0.3, 0.4) is 0 Å². The van der Waals surface area contributed by atoms with Gasteiger partial charge in [-0.2, -0.15) is 9.57 Å². The second kappa shape index (κ2) is 5.44. The van der Waals surface area contributed by atoms with Crippen molar-refractivity contribution in [2.45, 2.75) is 17.9 Å². The van der Waals surface area contributed by atoms with Crippen LogP contribution in [0.4, 0.5) is 0 Å². The van der Waals surface area contributed by atoms with Crippen molar-refractivity contribution in [3.8, 4) is 6.07 Å². The summed E-state index contributed by atoms with van der Waals surface area (Å²) >= 11 is 1.27. The minimum atomic E-state index is -3.86. The van der Waals surface area contributed by atoms with Crippen LogP contribution in [0.15, 0.2) is 23.1 Å². The van der Waals surface area contributed by atoms with Gasteiger partial charge in [0.2, 0.25) is 10.0 Å². The van der Waals surface area contributed by atoms with E-state index in [1.165, 1.54) is 30.0 Å². The van der Waals surface area contributed by atoms with Gasteiger partial charge in [-0.25, -0.2) is 8.42 Å². The molecule has 1 aliphatic heterocycles. The van der Waals surface area contributed by atoms with Gasteiger partial charge in [0.1, 0.15) is 6.04 Å². The zero-order valence-electron chi connectivity index (χ0n) is 10.6. The monoisotopic (exact) mass is 312 g/mol. The summed E-state index contributed by atoms with van der Waals surface area (Å²) in [7, 11) is -3.86. The second-order valence-corrected chi connectivity index (χ2v) is 7.22. The molecule has 1 atom stereocenters. The Morgan fingerprint density at radius 2 is 2.25 bits per heavy atom. The number of aryl methyl sites for hydroxylation is 1. The molecule has 1 saturated heterocycles. The molecular weight excluding hydrogens is 300 g/mol. The molecule has 0 spiro atoms. The normalized spacial score (nSPS) is 19.7. The summed E-state index contributed by atoms with van der Waals surface area (Å²) in [6, 6.07) is 5.09. The summed E-state index contributed by atoms with van der Waals surface area (Å²) in [4.78, 5) is 11.1. The van der Waals surface area contributed by atoms with Crippen LogP contribution in [0.5, 0.6) is 0 Å². The highest BCUT2D eigenvalue weighted by molar-refractivity contribution is 8.00. The lowest BCUT2D eigenvalue weighted by Crippen LogP contribution is -2.41. The number of hydrogen-bond acceptors (Lipinski definition) is 5. The molecule has 0 radical (unpaired) electrons. The number of carboxylic acid groups (broad SMARTS) is 1. The summed E-state index contributed by atoms with van der Waals surface area (Å²) in [5, 5.41) is 17.9. The van der Waals surface area contributed by atoms with Crippen LogP contribution in [0.25, 0.3) is 0 Å². The zero-order chi connectivity index (χ0) is 14.9. The molecule has 0 bridgehead atoms. The van der Waals surface area contributed by atoms with Crippen molar-refractivity contribution in [1.82, 2.24) is 4.31 Å². The Morgan fingerprint density at radius 1 is 1.55 bits per heavy atom. The molecule has 6 nitrogen and oxygen atoms in total. The predicted octanol–water partition coefficient (Wildman–Crippen LogP) is 1.01. The van der Waals surface area contributed by atoms with E-state index >= 15 is 0 Å². The molecule has 0 amide bonds. The first-order chi connectivity index (χ1) is 9.37. The molecule has 8 heteroatoms. The maximum Gasteiger partial charge on any atom is 0.322 e. The fraction of sp³-hybridized carbons (Fsp3) is 0.333. The number of benzene rings is 1. The summed E-state index contributed by atoms with van der Waals surface area (Å²) in [5.41, 5.74) is 0.946. The average Bonchev–Trinajstić information content (AvgIpc) is 2.88. The van der Waals surface area contributed by atoms with Crippen molar-refractivity contribution in [2.24, 2.45) is 0 Å². The van der Waals surface area contributed by atoms with Gasteiger partial charge in [-0.05, 0) is 30.7 Å². The van der Waals surface area contributed by atoms with Crippen LogP contribution in [0.1, 0.15) is 11.1 Å². The van der Waals surface area contributed by atoms with E-state index in [0.717, 1.165) is 4.31 Å². The highest BCUT2D eigenvalue weighted by Crippen LogP contribution is 2.29. The summed E-state index contributed by atoms with van der Waals surface area (Å²) in [6.07, 6.45) is 0. The highest BCUT2D eigenvalue weighted by atomic mass is 32.2.